The van der Waals surface area contributed by atoms with Crippen molar-refractivity contribution in [3.05, 3.63) is 62.5 Å². The Kier molecular flexibility index (Phi) is 4.83. The number of para-hydroxylation sites is 1. The number of carbonyl (C=O) groups is 1. The molecule has 0 radical (unpaired) electrons. The van der Waals surface area contributed by atoms with Crippen molar-refractivity contribution in [2.45, 2.75) is 13.0 Å². The van der Waals surface area contributed by atoms with Gasteiger partial charge in [-0.15, -0.1) is 0 Å². The summed E-state index contributed by atoms with van der Waals surface area (Å²) in [6, 6.07) is 12.8. The van der Waals surface area contributed by atoms with Crippen molar-refractivity contribution in [2.24, 2.45) is 0 Å². The maximum Gasteiger partial charge on any atom is 0.337 e. The first-order valence-electron chi connectivity index (χ1n) is 6.03. The molecule has 0 saturated heterocycles. The van der Waals surface area contributed by atoms with Crippen LogP contribution in [0.3, 0.4) is 0 Å². The minimum absolute atomic E-state index is 0.0158. The highest BCUT2D eigenvalue weighted by molar-refractivity contribution is 9.11. The SMILES string of the molecule is CC(Nc1ccccc1C(=O)O)c1ccc(Br)cc1Br. The average molecular weight is 399 g/mol. The summed E-state index contributed by atoms with van der Waals surface area (Å²) < 4.78 is 1.96. The Morgan fingerprint density at radius 3 is 2.55 bits per heavy atom. The third-order valence-electron chi connectivity index (χ3n) is 2.96. The monoisotopic (exact) mass is 397 g/mol. The van der Waals surface area contributed by atoms with Crippen LogP contribution in [-0.2, 0) is 0 Å². The number of carboxylic acid groups (broad SMARTS) is 1. The number of hydrogen-bond acceptors (Lipinski definition) is 2. The molecule has 104 valence electrons. The summed E-state index contributed by atoms with van der Waals surface area (Å²) in [5, 5.41) is 12.4. The van der Waals surface area contributed by atoms with Crippen LogP contribution in [0, 0.1) is 0 Å². The van der Waals surface area contributed by atoms with E-state index in [2.05, 4.69) is 37.2 Å². The zero-order chi connectivity index (χ0) is 14.7. The van der Waals surface area contributed by atoms with Crippen LogP contribution in [0.15, 0.2) is 51.4 Å². The van der Waals surface area contributed by atoms with Gasteiger partial charge in [0.1, 0.15) is 0 Å². The van der Waals surface area contributed by atoms with Crippen LogP contribution in [0.25, 0.3) is 0 Å². The highest BCUT2D eigenvalue weighted by atomic mass is 79.9. The van der Waals surface area contributed by atoms with Gasteiger partial charge in [-0.1, -0.05) is 50.1 Å². The van der Waals surface area contributed by atoms with E-state index in [1.54, 1.807) is 18.2 Å². The van der Waals surface area contributed by atoms with Gasteiger partial charge in [-0.3, -0.25) is 0 Å². The molecular weight excluding hydrogens is 386 g/mol. The molecule has 0 saturated carbocycles. The van der Waals surface area contributed by atoms with Crippen LogP contribution in [-0.4, -0.2) is 11.1 Å². The number of aromatic carboxylic acids is 1. The Hall–Kier alpha value is -1.33. The van der Waals surface area contributed by atoms with Gasteiger partial charge in [0.2, 0.25) is 0 Å². The van der Waals surface area contributed by atoms with Crippen LogP contribution >= 0.6 is 31.9 Å². The first-order chi connectivity index (χ1) is 9.49. The Labute approximate surface area is 134 Å². The van der Waals surface area contributed by atoms with E-state index in [9.17, 15) is 9.90 Å². The van der Waals surface area contributed by atoms with E-state index in [0.29, 0.717) is 5.69 Å². The van der Waals surface area contributed by atoms with E-state index in [1.807, 2.05) is 31.2 Å². The second-order valence-corrected chi connectivity index (χ2v) is 6.15. The topological polar surface area (TPSA) is 49.3 Å². The van der Waals surface area contributed by atoms with E-state index in [-0.39, 0.29) is 11.6 Å². The summed E-state index contributed by atoms with van der Waals surface area (Å²) in [6.07, 6.45) is 0. The Bertz CT molecular complexity index is 644. The van der Waals surface area contributed by atoms with Crippen LogP contribution in [0.5, 0.6) is 0 Å². The lowest BCUT2D eigenvalue weighted by molar-refractivity contribution is 0.0698. The fraction of sp³-hybridized carbons (Fsp3) is 0.133. The summed E-state index contributed by atoms with van der Waals surface area (Å²) in [7, 11) is 0. The van der Waals surface area contributed by atoms with Gasteiger partial charge in [-0.2, -0.15) is 0 Å². The largest absolute Gasteiger partial charge is 0.478 e. The Morgan fingerprint density at radius 1 is 1.20 bits per heavy atom. The van der Waals surface area contributed by atoms with E-state index < -0.39 is 5.97 Å². The molecule has 2 N–H and O–H groups in total. The number of nitrogens with one attached hydrogen (secondary N) is 1. The van der Waals surface area contributed by atoms with Crippen molar-refractivity contribution in [3.63, 3.8) is 0 Å². The Morgan fingerprint density at radius 2 is 1.90 bits per heavy atom. The molecule has 1 unspecified atom stereocenters. The lowest BCUT2D eigenvalue weighted by Gasteiger charge is -2.18. The second-order valence-electron chi connectivity index (χ2n) is 4.38. The maximum atomic E-state index is 11.2. The van der Waals surface area contributed by atoms with Gasteiger partial charge in [0.15, 0.2) is 0 Å². The lowest BCUT2D eigenvalue weighted by atomic mass is 10.1. The number of halogens is 2. The number of benzene rings is 2. The van der Waals surface area contributed by atoms with Crippen LogP contribution in [0.2, 0.25) is 0 Å². The molecule has 1 atom stereocenters. The summed E-state index contributed by atoms with van der Waals surface area (Å²) in [5.41, 5.74) is 1.95. The fourth-order valence-corrected chi connectivity index (χ4v) is 3.35. The van der Waals surface area contributed by atoms with E-state index in [4.69, 9.17) is 0 Å². The van der Waals surface area contributed by atoms with Crippen molar-refractivity contribution in [1.82, 2.24) is 0 Å². The van der Waals surface area contributed by atoms with Crippen molar-refractivity contribution >= 4 is 43.5 Å². The molecule has 3 nitrogen and oxygen atoms in total. The van der Waals surface area contributed by atoms with Crippen molar-refractivity contribution in [2.75, 3.05) is 5.32 Å². The van der Waals surface area contributed by atoms with Gasteiger partial charge in [-0.05, 0) is 36.8 Å². The smallest absolute Gasteiger partial charge is 0.337 e. The summed E-state index contributed by atoms with van der Waals surface area (Å²) in [4.78, 5) is 11.2. The average Bonchev–Trinajstić information content (AvgIpc) is 2.38. The quantitative estimate of drug-likeness (QED) is 0.754. The van der Waals surface area contributed by atoms with Crippen molar-refractivity contribution in [1.29, 1.82) is 0 Å². The van der Waals surface area contributed by atoms with Gasteiger partial charge < -0.3 is 10.4 Å². The van der Waals surface area contributed by atoms with Gasteiger partial charge >= 0.3 is 5.97 Å². The third-order valence-corrected chi connectivity index (χ3v) is 4.14. The molecule has 0 aromatic heterocycles. The molecule has 0 spiro atoms. The normalized spacial score (nSPS) is 11.9. The van der Waals surface area contributed by atoms with Gasteiger partial charge in [0.05, 0.1) is 5.56 Å². The number of hydrogen-bond donors (Lipinski definition) is 2. The third kappa shape index (κ3) is 3.41. The van der Waals surface area contributed by atoms with Gasteiger partial charge in [0, 0.05) is 20.7 Å². The van der Waals surface area contributed by atoms with E-state index in [1.165, 1.54) is 0 Å². The van der Waals surface area contributed by atoms with Gasteiger partial charge in [0.25, 0.3) is 0 Å². The fourth-order valence-electron chi connectivity index (χ4n) is 1.96. The summed E-state index contributed by atoms with van der Waals surface area (Å²) >= 11 is 6.94. The van der Waals surface area contributed by atoms with E-state index >= 15 is 0 Å². The Balaban J connectivity index is 2.28. The molecule has 20 heavy (non-hydrogen) atoms. The number of carboxylic acids is 1. The molecule has 0 fully saturated rings. The zero-order valence-corrected chi connectivity index (χ0v) is 13.9. The maximum absolute atomic E-state index is 11.2. The molecule has 2 aromatic carbocycles. The van der Waals surface area contributed by atoms with Gasteiger partial charge in [-0.25, -0.2) is 4.79 Å². The lowest BCUT2D eigenvalue weighted by Crippen LogP contribution is -2.11. The van der Waals surface area contributed by atoms with E-state index in [0.717, 1.165) is 14.5 Å². The molecule has 5 heteroatoms. The van der Waals surface area contributed by atoms with Crippen molar-refractivity contribution in [3.8, 4) is 0 Å². The van der Waals surface area contributed by atoms with Crippen LogP contribution < -0.4 is 5.32 Å². The molecule has 0 heterocycles. The summed E-state index contributed by atoms with van der Waals surface area (Å²) in [5.74, 6) is -0.935. The van der Waals surface area contributed by atoms with Crippen LogP contribution in [0.4, 0.5) is 5.69 Å². The van der Waals surface area contributed by atoms with Crippen LogP contribution in [0.1, 0.15) is 28.9 Å². The molecular formula is C15H13Br2NO2. The predicted molar refractivity (Wildman–Crippen MR) is 87.3 cm³/mol. The highest BCUT2D eigenvalue weighted by Gasteiger charge is 2.14. The predicted octanol–water partition coefficient (Wildman–Crippen LogP) is 5.08. The first kappa shape index (κ1) is 15.1. The number of anilines is 1. The molecule has 0 amide bonds. The zero-order valence-electron chi connectivity index (χ0n) is 10.7. The molecule has 0 aliphatic heterocycles. The molecule has 0 bridgehead atoms. The molecule has 2 rings (SSSR count). The summed E-state index contributed by atoms with van der Waals surface area (Å²) in [6.45, 7) is 1.99. The van der Waals surface area contributed by atoms with Crippen molar-refractivity contribution < 1.29 is 9.90 Å². The minimum atomic E-state index is -0.935. The molecule has 0 aliphatic carbocycles. The highest BCUT2D eigenvalue weighted by Crippen LogP contribution is 2.29. The standard InChI is InChI=1S/C15H13Br2NO2/c1-9(11-7-6-10(16)8-13(11)17)18-14-5-3-2-4-12(14)15(19)20/h2-9,18H,1H3,(H,19,20). The second kappa shape index (κ2) is 6.41. The molecule has 2 aromatic rings. The number of rotatable bonds is 4. The minimum Gasteiger partial charge on any atom is -0.478 e. The molecule has 0 aliphatic rings. The first-order valence-corrected chi connectivity index (χ1v) is 7.61.